The normalized spacial score (nSPS) is 16.7. The molecular weight excluding hydrogens is 1060 g/mol. The van der Waals surface area contributed by atoms with Crippen molar-refractivity contribution in [1.82, 2.24) is 14.0 Å². The van der Waals surface area contributed by atoms with Gasteiger partial charge in [0, 0.05) is 29.9 Å². The summed E-state index contributed by atoms with van der Waals surface area (Å²) in [7, 11) is 0. The maximum absolute atomic E-state index is 14.1. The molecule has 3 N–H and O–H groups in total. The summed E-state index contributed by atoms with van der Waals surface area (Å²) in [4.78, 5) is 68.2. The number of anilines is 2. The Morgan fingerprint density at radius 3 is 1.90 bits per heavy atom. The fraction of sp³-hybridized carbons (Fsp3) is 0.290. The molecule has 406 valence electrons. The third kappa shape index (κ3) is 13.4. The monoisotopic (exact) mass is 1120 g/mol. The highest BCUT2D eigenvalue weighted by molar-refractivity contribution is 8.30. The van der Waals surface area contributed by atoms with E-state index in [0.717, 1.165) is 109 Å². The number of thiazole rings is 2. The highest BCUT2D eigenvalue weighted by atomic mass is 32.2. The van der Waals surface area contributed by atoms with Gasteiger partial charge in [-0.2, -0.15) is 0 Å². The molecule has 1 saturated carbocycles. The molecule has 7 aromatic rings. The van der Waals surface area contributed by atoms with Gasteiger partial charge in [0.25, 0.3) is 17.0 Å². The first-order chi connectivity index (χ1) is 37.4. The summed E-state index contributed by atoms with van der Waals surface area (Å²) in [5.74, 6) is -1.30. The fourth-order valence-electron chi connectivity index (χ4n) is 9.33. The van der Waals surface area contributed by atoms with Gasteiger partial charge in [0.1, 0.15) is 35.4 Å². The Morgan fingerprint density at radius 2 is 1.33 bits per heavy atom. The minimum absolute atomic E-state index is 0.106. The first kappa shape index (κ1) is 58.6. The molecule has 3 aliphatic rings. The van der Waals surface area contributed by atoms with Crippen molar-refractivity contribution in [1.29, 1.82) is 0 Å². The number of aliphatic carboxylic acids is 2. The van der Waals surface area contributed by atoms with E-state index >= 15 is 0 Å². The fourth-order valence-corrected chi connectivity index (χ4v) is 13.2. The molecule has 2 aliphatic heterocycles. The van der Waals surface area contributed by atoms with Crippen LogP contribution in [0.4, 0.5) is 11.4 Å². The molecule has 1 aliphatic carbocycles. The molecule has 78 heavy (non-hydrogen) atoms. The van der Waals surface area contributed by atoms with Gasteiger partial charge in [-0.15, -0.1) is 22.7 Å². The molecule has 10 rings (SSSR count). The van der Waals surface area contributed by atoms with E-state index in [1.54, 1.807) is 39.0 Å². The number of phenols is 1. The summed E-state index contributed by atoms with van der Waals surface area (Å²) in [5, 5.41) is 27.7. The third-order valence-corrected chi connectivity index (χ3v) is 16.9. The topological polar surface area (TPSA) is 162 Å². The van der Waals surface area contributed by atoms with E-state index < -0.39 is 29.6 Å². The number of hydrogen-bond acceptors (Lipinski definition) is 11. The van der Waals surface area contributed by atoms with E-state index in [-0.39, 0.29) is 44.8 Å². The number of thioether (sulfide) groups is 1. The zero-order valence-corrected chi connectivity index (χ0v) is 48.4. The Morgan fingerprint density at radius 1 is 0.744 bits per heavy atom. The van der Waals surface area contributed by atoms with Crippen LogP contribution in [0.2, 0.25) is 0 Å². The van der Waals surface area contributed by atoms with Gasteiger partial charge in [-0.3, -0.25) is 38.0 Å². The van der Waals surface area contributed by atoms with Crippen LogP contribution in [0, 0.1) is 21.0 Å². The van der Waals surface area contributed by atoms with E-state index in [4.69, 9.17) is 17.3 Å². The highest BCUT2D eigenvalue weighted by Gasteiger charge is 2.42. The molecule has 1 saturated heterocycles. The van der Waals surface area contributed by atoms with E-state index in [9.17, 15) is 34.2 Å². The highest BCUT2D eigenvalue weighted by Crippen LogP contribution is 2.52. The van der Waals surface area contributed by atoms with Crippen LogP contribution >= 0.6 is 46.7 Å². The summed E-state index contributed by atoms with van der Waals surface area (Å²) in [5.41, 5.74) is 8.69. The number of carboxylic acids is 2. The Bertz CT molecular complexity index is 3630. The number of phenolic OH excluding ortho intramolecular Hbond substituents is 1. The molecule has 1 amide bonds. The van der Waals surface area contributed by atoms with Crippen LogP contribution in [0.3, 0.4) is 0 Å². The third-order valence-electron chi connectivity index (χ3n) is 12.9. The van der Waals surface area contributed by atoms with Gasteiger partial charge >= 0.3 is 11.9 Å². The second kappa shape index (κ2) is 26.5. The molecule has 0 radical (unpaired) electrons. The van der Waals surface area contributed by atoms with Crippen LogP contribution in [0.25, 0.3) is 22.6 Å². The smallest absolute Gasteiger partial charge is 0.323 e. The van der Waals surface area contributed by atoms with Gasteiger partial charge in [0.05, 0.1) is 17.0 Å². The number of rotatable bonds is 11. The molecule has 5 aromatic carbocycles. The van der Waals surface area contributed by atoms with Gasteiger partial charge < -0.3 is 20.2 Å². The summed E-state index contributed by atoms with van der Waals surface area (Å²) in [6.45, 7) is 15.4. The lowest BCUT2D eigenvalue weighted by Gasteiger charge is -2.27. The van der Waals surface area contributed by atoms with Gasteiger partial charge in [-0.1, -0.05) is 170 Å². The summed E-state index contributed by atoms with van der Waals surface area (Å²) in [6.07, 6.45) is 7.24. The first-order valence-electron chi connectivity index (χ1n) is 26.3. The quantitative estimate of drug-likeness (QED) is 0.0835. The molecule has 0 spiro atoms. The standard InChI is InChI=1S/C52H42N4O6S4.C4H8O2.C4H10.C2H6/c1-2-53-48(61)45(65-50(53)46-49(62)55(52(63)66-46)29-32-18-23-37(57)24-19-32)51-54(30-44(58)59)47(60)43(64-51)28-33-20-25-42-40(27-33)38-14-9-15-41(38)56(42)36-21-16-31(17-22-36)26-39(34-10-5-3-6-11-34)35-12-7-4-8-13-35;1-3(2)4(5)6;1-4(2)3;1-2/h3-8,10-13,16-28,38,41,57H,2,9,14-15,29-30H2,1H3,(H,58,59);3H,1-2H3,(H,5,6);4H,1-3H3;1-2H3/b43-28-,50-46+,51-45+;;;. The zero-order valence-electron chi connectivity index (χ0n) is 45.1. The van der Waals surface area contributed by atoms with Gasteiger partial charge in [-0.25, -0.2) is 0 Å². The van der Waals surface area contributed by atoms with Crippen LogP contribution in [0.1, 0.15) is 114 Å². The maximum atomic E-state index is 14.1. The van der Waals surface area contributed by atoms with Crippen molar-refractivity contribution in [2.75, 3.05) is 4.90 Å². The van der Waals surface area contributed by atoms with Crippen molar-refractivity contribution in [3.05, 3.63) is 200 Å². The lowest BCUT2D eigenvalue weighted by Crippen LogP contribution is -2.31. The van der Waals surface area contributed by atoms with Gasteiger partial charge in [-0.05, 0) is 113 Å². The van der Waals surface area contributed by atoms with E-state index in [0.29, 0.717) is 25.5 Å². The van der Waals surface area contributed by atoms with Gasteiger partial charge in [0.2, 0.25) is 0 Å². The zero-order chi connectivity index (χ0) is 56.4. The number of carbonyl (C=O) groups excluding carboxylic acids is 1. The minimum Gasteiger partial charge on any atom is -0.508 e. The van der Waals surface area contributed by atoms with Crippen LogP contribution in [-0.2, 0) is 34.0 Å². The Balaban J connectivity index is 0.000000669. The predicted octanol–water partition coefficient (Wildman–Crippen LogP) is 12.0. The molecule has 16 heteroatoms. The number of carbonyl (C=O) groups is 3. The Kier molecular flexibility index (Phi) is 19.9. The van der Waals surface area contributed by atoms with Crippen LogP contribution in [0.15, 0.2) is 137 Å². The molecule has 0 bridgehead atoms. The summed E-state index contributed by atoms with van der Waals surface area (Å²) < 4.78 is 4.04. The number of aromatic nitrogens is 2. The second-order valence-corrected chi connectivity index (χ2v) is 23.3. The number of aromatic hydroxyl groups is 1. The lowest BCUT2D eigenvalue weighted by atomic mass is 9.95. The van der Waals surface area contributed by atoms with Crippen molar-refractivity contribution < 1.29 is 29.7 Å². The van der Waals surface area contributed by atoms with Crippen LogP contribution in [-0.4, -0.2) is 57.6 Å². The first-order valence-corrected chi connectivity index (χ1v) is 29.1. The molecule has 2 unspecified atom stereocenters. The van der Waals surface area contributed by atoms with Crippen LogP contribution in [0.5, 0.6) is 5.75 Å². The van der Waals surface area contributed by atoms with Crippen molar-refractivity contribution >= 4 is 103 Å². The van der Waals surface area contributed by atoms with Gasteiger partial charge in [0.15, 0.2) is 0 Å². The van der Waals surface area contributed by atoms with Crippen molar-refractivity contribution in [2.45, 2.75) is 106 Å². The lowest BCUT2D eigenvalue weighted by molar-refractivity contribution is -0.140. The van der Waals surface area contributed by atoms with Crippen LogP contribution < -0.4 is 25.2 Å². The number of carboxylic acid groups (broad SMARTS) is 2. The van der Waals surface area contributed by atoms with Crippen molar-refractivity contribution in [3.8, 4) is 5.75 Å². The number of hydrogen-bond donors (Lipinski definition) is 3. The Hall–Kier alpha value is -7.11. The number of amides is 1. The second-order valence-electron chi connectivity index (χ2n) is 19.6. The largest absolute Gasteiger partial charge is 0.508 e. The number of thiocarbonyl (C=S) groups is 1. The molecule has 2 atom stereocenters. The van der Waals surface area contributed by atoms with E-state index in [1.807, 2.05) is 32.0 Å². The molecular formula is C62H66N4O8S4. The molecule has 4 heterocycles. The molecule has 2 fully saturated rings. The summed E-state index contributed by atoms with van der Waals surface area (Å²) >= 11 is 8.85. The predicted molar refractivity (Wildman–Crippen MR) is 323 cm³/mol. The number of fused-ring (bicyclic) bond motifs is 3. The van der Waals surface area contributed by atoms with Crippen molar-refractivity contribution in [3.63, 3.8) is 0 Å². The average Bonchev–Trinajstić information content (AvgIpc) is 4.34. The number of nitrogens with zero attached hydrogens (tertiary/aromatic N) is 4. The maximum Gasteiger partial charge on any atom is 0.323 e. The minimum atomic E-state index is -1.22. The average molecular weight is 1120 g/mol. The van der Waals surface area contributed by atoms with E-state index in [2.05, 4.69) is 117 Å². The number of benzene rings is 5. The Labute approximate surface area is 472 Å². The molecule has 12 nitrogen and oxygen atoms in total. The molecule has 2 aromatic heterocycles. The SMILES string of the molecule is CC.CC(C)C.CC(C)C(=O)O.CCn1c(=O)/c(=c2\s/c(=C\c3ccc4c(c3)C3CCCC3N4c3ccc(C=C(c4ccccc4)c4ccccc4)cc3)c(=O)n2CC(=O)O)s/c1=C1/SC(=S)N(Cc2ccc(O)cc2)C1=O. The van der Waals surface area contributed by atoms with Crippen molar-refractivity contribution in [2.24, 2.45) is 11.8 Å². The van der Waals surface area contributed by atoms with E-state index in [1.165, 1.54) is 27.2 Å². The summed E-state index contributed by atoms with van der Waals surface area (Å²) in [6, 6.07) is 42.7.